The van der Waals surface area contributed by atoms with Crippen molar-refractivity contribution in [3.8, 4) is 0 Å². The number of thiophene rings is 1. The molecule has 1 fully saturated rings. The maximum Gasteiger partial charge on any atom is 0.261 e. The van der Waals surface area contributed by atoms with Gasteiger partial charge in [0.25, 0.3) is 5.91 Å². The molecule has 0 aromatic carbocycles. The molecule has 0 bridgehead atoms. The molecular formula is C20H33N3OS. The van der Waals surface area contributed by atoms with Crippen molar-refractivity contribution in [3.05, 3.63) is 21.4 Å². The zero-order valence-corrected chi connectivity index (χ0v) is 16.5. The van der Waals surface area contributed by atoms with Gasteiger partial charge in [0, 0.05) is 37.6 Å². The van der Waals surface area contributed by atoms with Crippen molar-refractivity contribution in [2.24, 2.45) is 0 Å². The summed E-state index contributed by atoms with van der Waals surface area (Å²) in [7, 11) is 0. The fourth-order valence-corrected chi connectivity index (χ4v) is 5.05. The van der Waals surface area contributed by atoms with Crippen molar-refractivity contribution in [2.75, 3.05) is 45.8 Å². The standard InChI is InChI=1S/C20H33N3OS/c1-2-22-12-14-23(15-13-22)11-7-10-21-20(24)19-16-17-8-5-3-4-6-9-18(17)25-19/h16H,2-15H2,1H3,(H,21,24). The predicted molar refractivity (Wildman–Crippen MR) is 106 cm³/mol. The molecule has 1 saturated heterocycles. The molecule has 5 heteroatoms. The third-order valence-electron chi connectivity index (χ3n) is 5.57. The average molecular weight is 364 g/mol. The van der Waals surface area contributed by atoms with Crippen LogP contribution in [-0.2, 0) is 12.8 Å². The van der Waals surface area contributed by atoms with Gasteiger partial charge in [-0.25, -0.2) is 0 Å². The van der Waals surface area contributed by atoms with Gasteiger partial charge in [-0.1, -0.05) is 19.8 Å². The summed E-state index contributed by atoms with van der Waals surface area (Å²) in [5.74, 6) is 0.132. The van der Waals surface area contributed by atoms with E-state index in [9.17, 15) is 4.79 Å². The number of hydrogen-bond acceptors (Lipinski definition) is 4. The topological polar surface area (TPSA) is 35.6 Å². The Morgan fingerprint density at radius 3 is 2.56 bits per heavy atom. The third kappa shape index (κ3) is 5.53. The Morgan fingerprint density at radius 1 is 1.08 bits per heavy atom. The number of piperazine rings is 1. The second-order valence-electron chi connectivity index (χ2n) is 7.36. The third-order valence-corrected chi connectivity index (χ3v) is 6.81. The lowest BCUT2D eigenvalue weighted by Crippen LogP contribution is -2.46. The van der Waals surface area contributed by atoms with Crippen LogP contribution in [0.2, 0.25) is 0 Å². The van der Waals surface area contributed by atoms with Crippen LogP contribution >= 0.6 is 11.3 Å². The van der Waals surface area contributed by atoms with Gasteiger partial charge in [0.1, 0.15) is 0 Å². The van der Waals surface area contributed by atoms with Gasteiger partial charge in [0.2, 0.25) is 0 Å². The Kier molecular flexibility index (Phi) is 7.32. The lowest BCUT2D eigenvalue weighted by Gasteiger charge is -2.33. The number of nitrogens with one attached hydrogen (secondary N) is 1. The summed E-state index contributed by atoms with van der Waals surface area (Å²) >= 11 is 1.73. The van der Waals surface area contributed by atoms with Crippen LogP contribution in [0.25, 0.3) is 0 Å². The summed E-state index contributed by atoms with van der Waals surface area (Å²) in [5.41, 5.74) is 1.43. The number of nitrogens with zero attached hydrogens (tertiary/aromatic N) is 2. The number of likely N-dealkylation sites (N-methyl/N-ethyl adjacent to an activating group) is 1. The molecular weight excluding hydrogens is 330 g/mol. The van der Waals surface area contributed by atoms with E-state index >= 15 is 0 Å². The normalized spacial score (nSPS) is 19.9. The fourth-order valence-electron chi connectivity index (χ4n) is 3.88. The van der Waals surface area contributed by atoms with Gasteiger partial charge in [-0.3, -0.25) is 4.79 Å². The number of carbonyl (C=O) groups excluding carboxylic acids is 1. The molecule has 0 saturated carbocycles. The molecule has 1 aliphatic heterocycles. The van der Waals surface area contributed by atoms with E-state index in [1.807, 2.05) is 0 Å². The van der Waals surface area contributed by atoms with Crippen LogP contribution in [0.5, 0.6) is 0 Å². The highest BCUT2D eigenvalue weighted by Crippen LogP contribution is 2.28. The summed E-state index contributed by atoms with van der Waals surface area (Å²) in [4.78, 5) is 19.8. The zero-order chi connectivity index (χ0) is 17.5. The van der Waals surface area contributed by atoms with E-state index in [1.165, 1.54) is 62.3 Å². The van der Waals surface area contributed by atoms with Crippen molar-refractivity contribution < 1.29 is 4.79 Å². The van der Waals surface area contributed by atoms with E-state index in [2.05, 4.69) is 28.1 Å². The molecule has 25 heavy (non-hydrogen) atoms. The molecule has 1 aliphatic carbocycles. The highest BCUT2D eigenvalue weighted by Gasteiger charge is 2.17. The van der Waals surface area contributed by atoms with Crippen molar-refractivity contribution in [2.45, 2.75) is 51.9 Å². The van der Waals surface area contributed by atoms with Crippen molar-refractivity contribution in [3.63, 3.8) is 0 Å². The molecule has 1 aromatic rings. The number of carbonyl (C=O) groups is 1. The SMILES string of the molecule is CCN1CCN(CCCNC(=O)c2cc3c(s2)CCCCCC3)CC1. The second-order valence-corrected chi connectivity index (χ2v) is 8.50. The van der Waals surface area contributed by atoms with Crippen LogP contribution in [0.3, 0.4) is 0 Å². The Labute approximate surface area is 156 Å². The number of rotatable bonds is 6. The summed E-state index contributed by atoms with van der Waals surface area (Å²) in [5, 5.41) is 3.13. The van der Waals surface area contributed by atoms with E-state index in [0.717, 1.165) is 43.8 Å². The molecule has 3 rings (SSSR count). The van der Waals surface area contributed by atoms with Gasteiger partial charge < -0.3 is 15.1 Å². The van der Waals surface area contributed by atoms with E-state index in [-0.39, 0.29) is 5.91 Å². The minimum absolute atomic E-state index is 0.132. The first kappa shape index (κ1) is 18.9. The first-order valence-electron chi connectivity index (χ1n) is 10.1. The van der Waals surface area contributed by atoms with Gasteiger partial charge >= 0.3 is 0 Å². The van der Waals surface area contributed by atoms with Gasteiger partial charge in [-0.05, 0) is 56.8 Å². The lowest BCUT2D eigenvalue weighted by atomic mass is 10.00. The Morgan fingerprint density at radius 2 is 1.80 bits per heavy atom. The van der Waals surface area contributed by atoms with Crippen LogP contribution in [0.15, 0.2) is 6.07 Å². The molecule has 2 heterocycles. The highest BCUT2D eigenvalue weighted by molar-refractivity contribution is 7.14. The van der Waals surface area contributed by atoms with E-state index < -0.39 is 0 Å². The Hall–Kier alpha value is -0.910. The van der Waals surface area contributed by atoms with Crippen molar-refractivity contribution in [1.82, 2.24) is 15.1 Å². The van der Waals surface area contributed by atoms with Crippen molar-refractivity contribution in [1.29, 1.82) is 0 Å². The molecule has 4 nitrogen and oxygen atoms in total. The summed E-state index contributed by atoms with van der Waals surface area (Å²) < 4.78 is 0. The first-order chi connectivity index (χ1) is 12.3. The van der Waals surface area contributed by atoms with Crippen LogP contribution in [0.1, 0.15) is 59.1 Å². The maximum atomic E-state index is 12.4. The van der Waals surface area contributed by atoms with Crippen molar-refractivity contribution >= 4 is 17.2 Å². The minimum atomic E-state index is 0.132. The zero-order valence-electron chi connectivity index (χ0n) is 15.7. The minimum Gasteiger partial charge on any atom is -0.351 e. The summed E-state index contributed by atoms with van der Waals surface area (Å²) in [6.45, 7) is 9.98. The molecule has 0 atom stereocenters. The maximum absolute atomic E-state index is 12.4. The summed E-state index contributed by atoms with van der Waals surface area (Å²) in [6, 6.07) is 2.16. The molecule has 140 valence electrons. The van der Waals surface area contributed by atoms with E-state index in [4.69, 9.17) is 0 Å². The van der Waals surface area contributed by atoms with Crippen LogP contribution in [0, 0.1) is 0 Å². The lowest BCUT2D eigenvalue weighted by molar-refractivity contribution is 0.0952. The second kappa shape index (κ2) is 9.70. The fraction of sp³-hybridized carbons (Fsp3) is 0.750. The van der Waals surface area contributed by atoms with Crippen LogP contribution in [-0.4, -0.2) is 61.5 Å². The molecule has 1 N–H and O–H groups in total. The number of aryl methyl sites for hydroxylation is 2. The quantitative estimate of drug-likeness (QED) is 0.789. The van der Waals surface area contributed by atoms with Crippen LogP contribution < -0.4 is 5.32 Å². The monoisotopic (exact) mass is 363 g/mol. The first-order valence-corrected chi connectivity index (χ1v) is 10.9. The molecule has 0 radical (unpaired) electrons. The number of hydrogen-bond donors (Lipinski definition) is 1. The van der Waals surface area contributed by atoms with Gasteiger partial charge in [-0.2, -0.15) is 0 Å². The smallest absolute Gasteiger partial charge is 0.261 e. The Balaban J connectivity index is 1.39. The van der Waals surface area contributed by atoms with Gasteiger partial charge in [0.15, 0.2) is 0 Å². The molecule has 1 amide bonds. The number of fused-ring (bicyclic) bond motifs is 1. The molecule has 1 aromatic heterocycles. The van der Waals surface area contributed by atoms with E-state index in [1.54, 1.807) is 11.3 Å². The largest absolute Gasteiger partial charge is 0.351 e. The predicted octanol–water partition coefficient (Wildman–Crippen LogP) is 3.16. The summed E-state index contributed by atoms with van der Waals surface area (Å²) in [6.07, 6.45) is 8.59. The highest BCUT2D eigenvalue weighted by atomic mass is 32.1. The van der Waals surface area contributed by atoms with E-state index in [0.29, 0.717) is 0 Å². The van der Waals surface area contributed by atoms with Crippen LogP contribution in [0.4, 0.5) is 0 Å². The van der Waals surface area contributed by atoms with Gasteiger partial charge in [-0.15, -0.1) is 11.3 Å². The van der Waals surface area contributed by atoms with Gasteiger partial charge in [0.05, 0.1) is 4.88 Å². The number of amides is 1. The molecule has 2 aliphatic rings. The molecule has 0 spiro atoms. The molecule has 0 unspecified atom stereocenters. The Bertz CT molecular complexity index is 524. The average Bonchev–Trinajstić information content (AvgIpc) is 3.01.